The smallest absolute Gasteiger partial charge is 0.231 e. The minimum absolute atomic E-state index is 0.235. The second-order valence-electron chi connectivity index (χ2n) is 5.08. The van der Waals surface area contributed by atoms with E-state index >= 15 is 0 Å². The summed E-state index contributed by atoms with van der Waals surface area (Å²) in [6.07, 6.45) is 0. The van der Waals surface area contributed by atoms with E-state index in [1.807, 2.05) is 18.2 Å². The van der Waals surface area contributed by atoms with E-state index in [-0.39, 0.29) is 18.4 Å². The summed E-state index contributed by atoms with van der Waals surface area (Å²) in [5, 5.41) is 6.61. The number of fused-ring (bicyclic) bond motifs is 1. The van der Waals surface area contributed by atoms with Crippen LogP contribution in [-0.2, 0) is 6.54 Å². The number of hydrogen-bond acceptors (Lipinski definition) is 4. The molecule has 0 spiro atoms. The van der Waals surface area contributed by atoms with E-state index < -0.39 is 0 Å². The summed E-state index contributed by atoms with van der Waals surface area (Å²) < 4.78 is 29.3. The Kier molecular flexibility index (Phi) is 5.32. The molecule has 1 aliphatic heterocycles. The average molecular weight is 348 g/mol. The molecule has 0 saturated heterocycles. The summed E-state index contributed by atoms with van der Waals surface area (Å²) in [6, 6.07) is 12.0. The van der Waals surface area contributed by atoms with Gasteiger partial charge in [-0.25, -0.2) is 4.39 Å². The molecule has 126 valence electrons. The second-order valence-corrected chi connectivity index (χ2v) is 5.48. The van der Waals surface area contributed by atoms with Gasteiger partial charge < -0.3 is 24.8 Å². The molecule has 3 rings (SSSR count). The summed E-state index contributed by atoms with van der Waals surface area (Å²) in [5.41, 5.74) is 1.03. The van der Waals surface area contributed by atoms with Gasteiger partial charge in [0.05, 0.1) is 6.54 Å². The largest absolute Gasteiger partial charge is 0.489 e. The molecule has 2 aromatic rings. The molecule has 0 amide bonds. The molecule has 0 radical (unpaired) electrons. The van der Waals surface area contributed by atoms with Crippen LogP contribution in [0.5, 0.6) is 17.2 Å². The van der Waals surface area contributed by atoms with Crippen LogP contribution in [0.15, 0.2) is 42.5 Å². The SMILES string of the molecule is Fc1ccccc1OCCNC(=S)NCc1ccc2c(c1)OCO2. The molecule has 0 unspecified atom stereocenters. The van der Waals surface area contributed by atoms with Crippen LogP contribution < -0.4 is 24.8 Å². The molecule has 0 aliphatic carbocycles. The van der Waals surface area contributed by atoms with Crippen LogP contribution in [-0.4, -0.2) is 25.1 Å². The number of halogens is 1. The van der Waals surface area contributed by atoms with Crippen LogP contribution in [0.25, 0.3) is 0 Å². The fourth-order valence-corrected chi connectivity index (χ4v) is 2.36. The van der Waals surface area contributed by atoms with Gasteiger partial charge in [0.15, 0.2) is 28.2 Å². The Balaban J connectivity index is 1.36. The predicted octanol–water partition coefficient (Wildman–Crippen LogP) is 2.60. The predicted molar refractivity (Wildman–Crippen MR) is 91.9 cm³/mol. The number of thiocarbonyl (C=S) groups is 1. The number of para-hydroxylation sites is 1. The number of rotatable bonds is 6. The maximum atomic E-state index is 13.4. The molecule has 0 aromatic heterocycles. The fraction of sp³-hybridized carbons (Fsp3) is 0.235. The summed E-state index contributed by atoms with van der Waals surface area (Å²) in [7, 11) is 0. The van der Waals surface area contributed by atoms with Crippen molar-refractivity contribution >= 4 is 17.3 Å². The van der Waals surface area contributed by atoms with Gasteiger partial charge in [-0.15, -0.1) is 0 Å². The minimum Gasteiger partial charge on any atom is -0.489 e. The highest BCUT2D eigenvalue weighted by molar-refractivity contribution is 7.80. The molecule has 5 nitrogen and oxygen atoms in total. The van der Waals surface area contributed by atoms with Crippen LogP contribution >= 0.6 is 12.2 Å². The van der Waals surface area contributed by atoms with Crippen molar-refractivity contribution in [3.05, 3.63) is 53.8 Å². The van der Waals surface area contributed by atoms with Crippen molar-refractivity contribution in [1.82, 2.24) is 10.6 Å². The summed E-state index contributed by atoms with van der Waals surface area (Å²) >= 11 is 5.20. The Labute approximate surface area is 144 Å². The highest BCUT2D eigenvalue weighted by Crippen LogP contribution is 2.32. The van der Waals surface area contributed by atoms with Gasteiger partial charge in [-0.05, 0) is 42.0 Å². The average Bonchev–Trinajstić information content (AvgIpc) is 3.06. The van der Waals surface area contributed by atoms with Gasteiger partial charge in [0.1, 0.15) is 6.61 Å². The zero-order chi connectivity index (χ0) is 16.8. The van der Waals surface area contributed by atoms with Crippen LogP contribution in [0.4, 0.5) is 4.39 Å². The van der Waals surface area contributed by atoms with Crippen LogP contribution in [0, 0.1) is 5.82 Å². The van der Waals surface area contributed by atoms with Gasteiger partial charge in [0.2, 0.25) is 6.79 Å². The molecule has 0 saturated carbocycles. The van der Waals surface area contributed by atoms with Crippen LogP contribution in [0.2, 0.25) is 0 Å². The lowest BCUT2D eigenvalue weighted by atomic mass is 10.2. The molecule has 0 bridgehead atoms. The van der Waals surface area contributed by atoms with Gasteiger partial charge in [0, 0.05) is 6.54 Å². The van der Waals surface area contributed by atoms with E-state index in [2.05, 4.69) is 10.6 Å². The van der Waals surface area contributed by atoms with Crippen molar-refractivity contribution in [2.24, 2.45) is 0 Å². The molecule has 1 heterocycles. The first kappa shape index (κ1) is 16.3. The number of hydrogen-bond donors (Lipinski definition) is 2. The van der Waals surface area contributed by atoms with Crippen LogP contribution in [0.1, 0.15) is 5.56 Å². The Morgan fingerprint density at radius 3 is 2.83 bits per heavy atom. The zero-order valence-corrected chi connectivity index (χ0v) is 13.7. The molecule has 0 fully saturated rings. The van der Waals surface area contributed by atoms with Crippen LogP contribution in [0.3, 0.4) is 0 Å². The highest BCUT2D eigenvalue weighted by atomic mass is 32.1. The first-order valence-corrected chi connectivity index (χ1v) is 7.91. The van der Waals surface area contributed by atoms with Gasteiger partial charge in [-0.1, -0.05) is 18.2 Å². The van der Waals surface area contributed by atoms with Crippen molar-refractivity contribution in [1.29, 1.82) is 0 Å². The monoisotopic (exact) mass is 348 g/mol. The second kappa shape index (κ2) is 7.83. The summed E-state index contributed by atoms with van der Waals surface area (Å²) in [5.74, 6) is 1.36. The Morgan fingerprint density at radius 2 is 1.96 bits per heavy atom. The topological polar surface area (TPSA) is 51.8 Å². The normalized spacial score (nSPS) is 11.9. The Morgan fingerprint density at radius 1 is 1.12 bits per heavy atom. The standard InChI is InChI=1S/C17H17FN2O3S/c18-13-3-1-2-4-14(13)21-8-7-19-17(24)20-10-12-5-6-15-16(9-12)23-11-22-15/h1-6,9H,7-8,10-11H2,(H2,19,20,24). The van der Waals surface area contributed by atoms with Crippen molar-refractivity contribution in [3.63, 3.8) is 0 Å². The lowest BCUT2D eigenvalue weighted by molar-refractivity contribution is 0.174. The third-order valence-electron chi connectivity index (χ3n) is 3.37. The number of ether oxygens (including phenoxy) is 3. The summed E-state index contributed by atoms with van der Waals surface area (Å²) in [6.45, 7) is 1.61. The van der Waals surface area contributed by atoms with Crippen molar-refractivity contribution in [3.8, 4) is 17.2 Å². The third kappa shape index (κ3) is 4.26. The quantitative estimate of drug-likeness (QED) is 0.618. The van der Waals surface area contributed by atoms with E-state index in [0.717, 1.165) is 17.1 Å². The van der Waals surface area contributed by atoms with E-state index in [4.69, 9.17) is 26.4 Å². The molecule has 2 aromatic carbocycles. The molecule has 7 heteroatoms. The minimum atomic E-state index is -0.374. The zero-order valence-electron chi connectivity index (χ0n) is 12.9. The highest BCUT2D eigenvalue weighted by Gasteiger charge is 2.13. The first-order chi connectivity index (χ1) is 11.7. The summed E-state index contributed by atoms with van der Waals surface area (Å²) in [4.78, 5) is 0. The molecular weight excluding hydrogens is 331 g/mol. The lowest BCUT2D eigenvalue weighted by Crippen LogP contribution is -2.37. The van der Waals surface area contributed by atoms with E-state index in [1.165, 1.54) is 6.07 Å². The molecule has 2 N–H and O–H groups in total. The van der Waals surface area contributed by atoms with E-state index in [0.29, 0.717) is 24.8 Å². The molecule has 1 aliphatic rings. The van der Waals surface area contributed by atoms with Gasteiger partial charge in [0.25, 0.3) is 0 Å². The van der Waals surface area contributed by atoms with E-state index in [1.54, 1.807) is 18.2 Å². The fourth-order valence-electron chi connectivity index (χ4n) is 2.18. The van der Waals surface area contributed by atoms with Crippen molar-refractivity contribution in [2.75, 3.05) is 19.9 Å². The van der Waals surface area contributed by atoms with Gasteiger partial charge in [-0.3, -0.25) is 0 Å². The number of benzene rings is 2. The van der Waals surface area contributed by atoms with Crippen molar-refractivity contribution < 1.29 is 18.6 Å². The first-order valence-electron chi connectivity index (χ1n) is 7.50. The van der Waals surface area contributed by atoms with Gasteiger partial charge >= 0.3 is 0 Å². The third-order valence-corrected chi connectivity index (χ3v) is 3.66. The number of nitrogens with one attached hydrogen (secondary N) is 2. The molecular formula is C17H17FN2O3S. The molecule has 24 heavy (non-hydrogen) atoms. The Hall–Kier alpha value is -2.54. The van der Waals surface area contributed by atoms with E-state index in [9.17, 15) is 4.39 Å². The maximum Gasteiger partial charge on any atom is 0.231 e. The van der Waals surface area contributed by atoms with Gasteiger partial charge in [-0.2, -0.15) is 0 Å². The maximum absolute atomic E-state index is 13.4. The molecule has 0 atom stereocenters. The van der Waals surface area contributed by atoms with Crippen molar-refractivity contribution in [2.45, 2.75) is 6.54 Å². The Bertz CT molecular complexity index is 727. The lowest BCUT2D eigenvalue weighted by Gasteiger charge is -2.12.